The van der Waals surface area contributed by atoms with Crippen molar-refractivity contribution in [2.45, 2.75) is 52.1 Å². The first-order valence-corrected chi connectivity index (χ1v) is 11.2. The number of halogens is 3. The van der Waals surface area contributed by atoms with Crippen molar-refractivity contribution >= 4 is 46.6 Å². The molecule has 0 saturated heterocycles. The molecule has 1 unspecified atom stereocenters. The van der Waals surface area contributed by atoms with Gasteiger partial charge in [-0.15, -0.1) is 0 Å². The second-order valence-electron chi connectivity index (χ2n) is 7.09. The maximum atomic E-state index is 13.3. The average Bonchev–Trinajstić information content (AvgIpc) is 2.71. The number of nitrogens with zero attached hydrogens (tertiary/aromatic N) is 1. The quantitative estimate of drug-likeness (QED) is 0.440. The van der Waals surface area contributed by atoms with E-state index in [-0.39, 0.29) is 24.8 Å². The lowest BCUT2D eigenvalue weighted by Crippen LogP contribution is -2.49. The molecule has 0 saturated carbocycles. The van der Waals surface area contributed by atoms with Gasteiger partial charge < -0.3 is 10.2 Å². The third-order valence-electron chi connectivity index (χ3n) is 4.87. The fraction of sp³-hybridized carbons (Fsp3) is 0.391. The Morgan fingerprint density at radius 3 is 2.20 bits per heavy atom. The Morgan fingerprint density at radius 2 is 1.63 bits per heavy atom. The molecule has 0 aliphatic heterocycles. The Labute approximate surface area is 193 Å². The number of hydrogen-bond donors (Lipinski definition) is 1. The summed E-state index contributed by atoms with van der Waals surface area (Å²) >= 11 is 18.6. The minimum absolute atomic E-state index is 0.151. The number of hydrogen-bond acceptors (Lipinski definition) is 2. The molecule has 0 radical (unpaired) electrons. The zero-order valence-corrected chi connectivity index (χ0v) is 19.5. The van der Waals surface area contributed by atoms with Crippen molar-refractivity contribution in [3.63, 3.8) is 0 Å². The number of nitrogens with one attached hydrogen (secondary N) is 1. The second kappa shape index (κ2) is 12.2. The van der Waals surface area contributed by atoms with Crippen LogP contribution in [-0.2, 0) is 22.6 Å². The lowest BCUT2D eigenvalue weighted by Gasteiger charge is -2.31. The molecular formula is C23H27Cl3N2O2. The fourth-order valence-electron chi connectivity index (χ4n) is 3.16. The van der Waals surface area contributed by atoms with E-state index in [0.29, 0.717) is 33.6 Å². The van der Waals surface area contributed by atoms with Crippen molar-refractivity contribution in [2.24, 2.45) is 0 Å². The van der Waals surface area contributed by atoms with E-state index in [2.05, 4.69) is 12.2 Å². The van der Waals surface area contributed by atoms with Crippen LogP contribution in [0.2, 0.25) is 15.1 Å². The Bertz CT molecular complexity index is 836. The van der Waals surface area contributed by atoms with Gasteiger partial charge in [-0.05, 0) is 42.7 Å². The van der Waals surface area contributed by atoms with Crippen LogP contribution >= 0.6 is 34.8 Å². The summed E-state index contributed by atoms with van der Waals surface area (Å²) in [5.74, 6) is -0.343. The summed E-state index contributed by atoms with van der Waals surface area (Å²) in [6.07, 6.45) is 2.49. The van der Waals surface area contributed by atoms with Gasteiger partial charge >= 0.3 is 0 Å². The number of carbonyl (C=O) groups is 2. The highest BCUT2D eigenvalue weighted by atomic mass is 35.5. The molecule has 0 aliphatic carbocycles. The molecule has 4 nitrogen and oxygen atoms in total. The predicted molar refractivity (Wildman–Crippen MR) is 124 cm³/mol. The monoisotopic (exact) mass is 468 g/mol. The zero-order valence-electron chi connectivity index (χ0n) is 17.3. The molecule has 162 valence electrons. The van der Waals surface area contributed by atoms with Crippen LogP contribution in [-0.4, -0.2) is 29.3 Å². The highest BCUT2D eigenvalue weighted by molar-refractivity contribution is 6.36. The summed E-state index contributed by atoms with van der Waals surface area (Å²) in [5.41, 5.74) is 1.45. The van der Waals surface area contributed by atoms with Crippen molar-refractivity contribution in [1.29, 1.82) is 0 Å². The average molecular weight is 470 g/mol. The van der Waals surface area contributed by atoms with Gasteiger partial charge in [0.15, 0.2) is 0 Å². The van der Waals surface area contributed by atoms with Crippen LogP contribution in [0.4, 0.5) is 0 Å². The summed E-state index contributed by atoms with van der Waals surface area (Å²) in [7, 11) is 0. The smallest absolute Gasteiger partial charge is 0.242 e. The summed E-state index contributed by atoms with van der Waals surface area (Å²) < 4.78 is 0. The van der Waals surface area contributed by atoms with Gasteiger partial charge in [-0.2, -0.15) is 0 Å². The van der Waals surface area contributed by atoms with E-state index in [9.17, 15) is 9.59 Å². The van der Waals surface area contributed by atoms with Gasteiger partial charge in [0.25, 0.3) is 0 Å². The van der Waals surface area contributed by atoms with Crippen molar-refractivity contribution in [3.8, 4) is 0 Å². The molecule has 2 rings (SSSR count). The molecule has 0 aliphatic rings. The molecule has 2 aromatic carbocycles. The van der Waals surface area contributed by atoms with Gasteiger partial charge in [0, 0.05) is 33.7 Å². The Morgan fingerprint density at radius 1 is 1.00 bits per heavy atom. The van der Waals surface area contributed by atoms with Gasteiger partial charge in [0.2, 0.25) is 11.8 Å². The Hall–Kier alpha value is -1.75. The highest BCUT2D eigenvalue weighted by Crippen LogP contribution is 2.27. The van der Waals surface area contributed by atoms with Crippen LogP contribution < -0.4 is 5.32 Å². The topological polar surface area (TPSA) is 49.4 Å². The number of benzene rings is 2. The third-order valence-corrected chi connectivity index (χ3v) is 5.83. The standard InChI is InChI=1S/C23H27Cl3N2O2/c1-3-5-13-27-23(30)21(4-2)28(15-18-19(25)7-6-8-20(18)26)22(29)14-16-9-11-17(24)12-10-16/h6-12,21H,3-5,13-15H2,1-2H3,(H,27,30). The van der Waals surface area contributed by atoms with E-state index in [1.165, 1.54) is 0 Å². The summed E-state index contributed by atoms with van der Waals surface area (Å²) in [6, 6.07) is 11.7. The molecule has 30 heavy (non-hydrogen) atoms. The first-order chi connectivity index (χ1) is 14.4. The number of rotatable bonds is 10. The van der Waals surface area contributed by atoms with Gasteiger partial charge in [-0.1, -0.05) is 73.3 Å². The predicted octanol–water partition coefficient (Wildman–Crippen LogP) is 5.91. The summed E-state index contributed by atoms with van der Waals surface area (Å²) in [5, 5.41) is 4.48. The van der Waals surface area contributed by atoms with E-state index in [1.54, 1.807) is 35.2 Å². The lowest BCUT2D eigenvalue weighted by molar-refractivity contribution is -0.140. The molecule has 1 atom stereocenters. The molecule has 0 heterocycles. The molecule has 0 bridgehead atoms. The normalized spacial score (nSPS) is 11.8. The first-order valence-electron chi connectivity index (χ1n) is 10.1. The van der Waals surface area contributed by atoms with Crippen LogP contribution in [0.3, 0.4) is 0 Å². The van der Waals surface area contributed by atoms with Crippen molar-refractivity contribution < 1.29 is 9.59 Å². The second-order valence-corrected chi connectivity index (χ2v) is 8.34. The number of amides is 2. The van der Waals surface area contributed by atoms with Crippen molar-refractivity contribution in [3.05, 3.63) is 68.7 Å². The zero-order chi connectivity index (χ0) is 22.1. The Balaban J connectivity index is 2.30. The van der Waals surface area contributed by atoms with Crippen LogP contribution in [0, 0.1) is 0 Å². The third kappa shape index (κ3) is 6.90. The molecule has 7 heteroatoms. The van der Waals surface area contributed by atoms with Gasteiger partial charge in [-0.3, -0.25) is 9.59 Å². The minimum Gasteiger partial charge on any atom is -0.354 e. The molecule has 2 amide bonds. The molecule has 0 spiro atoms. The van der Waals surface area contributed by atoms with Crippen molar-refractivity contribution in [2.75, 3.05) is 6.54 Å². The van der Waals surface area contributed by atoms with E-state index in [0.717, 1.165) is 18.4 Å². The maximum Gasteiger partial charge on any atom is 0.242 e. The number of carbonyl (C=O) groups excluding carboxylic acids is 2. The molecule has 0 aromatic heterocycles. The van der Waals surface area contributed by atoms with Crippen LogP contribution in [0.25, 0.3) is 0 Å². The van der Waals surface area contributed by atoms with Crippen LogP contribution in [0.5, 0.6) is 0 Å². The fourth-order valence-corrected chi connectivity index (χ4v) is 3.80. The molecule has 1 N–H and O–H groups in total. The Kier molecular flexibility index (Phi) is 9.96. The van der Waals surface area contributed by atoms with E-state index in [4.69, 9.17) is 34.8 Å². The number of unbranched alkanes of at least 4 members (excludes halogenated alkanes) is 1. The van der Waals surface area contributed by atoms with E-state index in [1.807, 2.05) is 19.1 Å². The largest absolute Gasteiger partial charge is 0.354 e. The van der Waals surface area contributed by atoms with Gasteiger partial charge in [-0.25, -0.2) is 0 Å². The van der Waals surface area contributed by atoms with Gasteiger partial charge in [0.1, 0.15) is 6.04 Å². The van der Waals surface area contributed by atoms with Crippen LogP contribution in [0.1, 0.15) is 44.2 Å². The summed E-state index contributed by atoms with van der Waals surface area (Å²) in [6.45, 7) is 4.69. The molecule has 2 aromatic rings. The van der Waals surface area contributed by atoms with Crippen LogP contribution in [0.15, 0.2) is 42.5 Å². The summed E-state index contributed by atoms with van der Waals surface area (Å²) in [4.78, 5) is 27.7. The molecule has 0 fully saturated rings. The first kappa shape index (κ1) is 24.5. The SMILES string of the molecule is CCCCNC(=O)C(CC)N(Cc1c(Cl)cccc1Cl)C(=O)Cc1ccc(Cl)cc1. The molecular weight excluding hydrogens is 443 g/mol. The maximum absolute atomic E-state index is 13.3. The minimum atomic E-state index is -0.617. The van der Waals surface area contributed by atoms with Gasteiger partial charge in [0.05, 0.1) is 6.42 Å². The van der Waals surface area contributed by atoms with E-state index < -0.39 is 6.04 Å². The lowest BCUT2D eigenvalue weighted by atomic mass is 10.1. The van der Waals surface area contributed by atoms with Crippen molar-refractivity contribution in [1.82, 2.24) is 10.2 Å². The van der Waals surface area contributed by atoms with E-state index >= 15 is 0 Å². The highest BCUT2D eigenvalue weighted by Gasteiger charge is 2.29.